The second-order valence-corrected chi connectivity index (χ2v) is 5.24. The first-order valence-electron chi connectivity index (χ1n) is 7.18. The third kappa shape index (κ3) is 3.59. The van der Waals surface area contributed by atoms with Gasteiger partial charge in [-0.2, -0.15) is 0 Å². The molecule has 0 saturated carbocycles. The van der Waals surface area contributed by atoms with Crippen LogP contribution < -0.4 is 0 Å². The molecule has 0 spiro atoms. The predicted molar refractivity (Wildman–Crippen MR) is 70.5 cm³/mol. The average molecular weight is 255 g/mol. The number of aliphatic hydroxyl groups is 1. The zero-order valence-electron chi connectivity index (χ0n) is 11.2. The molecule has 5 nitrogen and oxygen atoms in total. The van der Waals surface area contributed by atoms with E-state index in [0.29, 0.717) is 0 Å². The van der Waals surface area contributed by atoms with Crippen molar-refractivity contribution in [2.75, 3.05) is 52.4 Å². The maximum Gasteiger partial charge on any atom is 0.320 e. The molecular weight excluding hydrogens is 230 g/mol. The topological polar surface area (TPSA) is 47.0 Å². The molecule has 2 aliphatic rings. The van der Waals surface area contributed by atoms with Gasteiger partial charge in [0, 0.05) is 39.3 Å². The van der Waals surface area contributed by atoms with Crippen LogP contribution in [0.1, 0.15) is 25.7 Å². The molecule has 0 atom stereocenters. The lowest BCUT2D eigenvalue weighted by Gasteiger charge is -2.32. The molecule has 2 aliphatic heterocycles. The minimum atomic E-state index is 0.208. The van der Waals surface area contributed by atoms with E-state index in [4.69, 9.17) is 5.11 Å². The Morgan fingerprint density at radius 3 is 2.22 bits per heavy atom. The maximum absolute atomic E-state index is 12.4. The van der Waals surface area contributed by atoms with Gasteiger partial charge in [-0.05, 0) is 32.2 Å². The van der Waals surface area contributed by atoms with Crippen molar-refractivity contribution in [3.8, 4) is 0 Å². The van der Waals surface area contributed by atoms with Crippen LogP contribution in [0.15, 0.2) is 0 Å². The first-order chi connectivity index (χ1) is 8.81. The van der Waals surface area contributed by atoms with Crippen molar-refractivity contribution in [3.63, 3.8) is 0 Å². The van der Waals surface area contributed by atoms with Crippen molar-refractivity contribution in [1.82, 2.24) is 14.7 Å². The van der Waals surface area contributed by atoms with Gasteiger partial charge in [-0.1, -0.05) is 0 Å². The number of aliphatic hydroxyl groups excluding tert-OH is 1. The van der Waals surface area contributed by atoms with Crippen LogP contribution in [0.25, 0.3) is 0 Å². The van der Waals surface area contributed by atoms with Gasteiger partial charge in [0.2, 0.25) is 0 Å². The predicted octanol–water partition coefficient (Wildman–Crippen LogP) is 0.592. The summed E-state index contributed by atoms with van der Waals surface area (Å²) < 4.78 is 0. The van der Waals surface area contributed by atoms with E-state index in [-0.39, 0.29) is 12.6 Å². The van der Waals surface area contributed by atoms with E-state index < -0.39 is 0 Å². The van der Waals surface area contributed by atoms with E-state index in [9.17, 15) is 4.79 Å². The minimum Gasteiger partial charge on any atom is -0.395 e. The fourth-order valence-electron chi connectivity index (χ4n) is 2.81. The van der Waals surface area contributed by atoms with Gasteiger partial charge >= 0.3 is 6.03 Å². The molecule has 0 aromatic heterocycles. The summed E-state index contributed by atoms with van der Waals surface area (Å²) in [5.41, 5.74) is 0. The van der Waals surface area contributed by atoms with E-state index >= 15 is 0 Å². The summed E-state index contributed by atoms with van der Waals surface area (Å²) in [5.74, 6) is 0. The van der Waals surface area contributed by atoms with Gasteiger partial charge in [-0.3, -0.25) is 4.90 Å². The number of urea groups is 1. The Hall–Kier alpha value is -0.810. The van der Waals surface area contributed by atoms with Crippen molar-refractivity contribution in [2.45, 2.75) is 25.7 Å². The first kappa shape index (κ1) is 13.6. The Balaban J connectivity index is 1.82. The van der Waals surface area contributed by atoms with Gasteiger partial charge in [0.15, 0.2) is 0 Å². The number of β-amino-alcohol motifs (C(OH)–C–C–N with tert-alkyl or cyclic N) is 1. The Bertz CT molecular complexity index is 267. The SMILES string of the molecule is O=C(N1CCCCC1)N1CCCN(CCO)CC1. The molecule has 0 radical (unpaired) electrons. The number of likely N-dealkylation sites (tertiary alicyclic amines) is 1. The number of piperidine rings is 1. The van der Waals surface area contributed by atoms with Crippen LogP contribution >= 0.6 is 0 Å². The van der Waals surface area contributed by atoms with Gasteiger partial charge in [0.1, 0.15) is 0 Å². The number of carbonyl (C=O) groups excluding carboxylic acids is 1. The molecule has 2 rings (SSSR count). The fourth-order valence-corrected chi connectivity index (χ4v) is 2.81. The standard InChI is InChI=1S/C13H25N3O2/c17-12-11-14-5-4-8-16(10-9-14)13(18)15-6-2-1-3-7-15/h17H,1-12H2. The minimum absolute atomic E-state index is 0.208. The summed E-state index contributed by atoms with van der Waals surface area (Å²) in [6.45, 7) is 6.33. The van der Waals surface area contributed by atoms with Crippen LogP contribution in [0.5, 0.6) is 0 Å². The number of hydrogen-bond donors (Lipinski definition) is 1. The summed E-state index contributed by atoms with van der Waals surface area (Å²) in [4.78, 5) is 18.6. The van der Waals surface area contributed by atoms with Crippen LogP contribution in [-0.2, 0) is 0 Å². The van der Waals surface area contributed by atoms with E-state index in [2.05, 4.69) is 4.90 Å². The van der Waals surface area contributed by atoms with Crippen molar-refractivity contribution in [3.05, 3.63) is 0 Å². The molecule has 0 unspecified atom stereocenters. The van der Waals surface area contributed by atoms with Crippen molar-refractivity contribution < 1.29 is 9.90 Å². The highest BCUT2D eigenvalue weighted by Gasteiger charge is 2.24. The quantitative estimate of drug-likeness (QED) is 0.785. The lowest BCUT2D eigenvalue weighted by Crippen LogP contribution is -2.46. The zero-order valence-corrected chi connectivity index (χ0v) is 11.2. The zero-order chi connectivity index (χ0) is 12.8. The molecule has 2 fully saturated rings. The molecule has 0 aromatic carbocycles. The average Bonchev–Trinajstić information content (AvgIpc) is 2.65. The maximum atomic E-state index is 12.4. The molecule has 0 bridgehead atoms. The van der Waals surface area contributed by atoms with Gasteiger partial charge < -0.3 is 14.9 Å². The number of hydrogen-bond acceptors (Lipinski definition) is 3. The highest BCUT2D eigenvalue weighted by Crippen LogP contribution is 2.13. The summed E-state index contributed by atoms with van der Waals surface area (Å²) in [7, 11) is 0. The van der Waals surface area contributed by atoms with Gasteiger partial charge in [-0.15, -0.1) is 0 Å². The van der Waals surface area contributed by atoms with E-state index in [1.165, 1.54) is 6.42 Å². The molecular formula is C13H25N3O2. The van der Waals surface area contributed by atoms with Crippen molar-refractivity contribution in [1.29, 1.82) is 0 Å². The second kappa shape index (κ2) is 6.95. The van der Waals surface area contributed by atoms with Gasteiger partial charge in [-0.25, -0.2) is 4.79 Å². The molecule has 2 saturated heterocycles. The summed E-state index contributed by atoms with van der Waals surface area (Å²) >= 11 is 0. The molecule has 5 heteroatoms. The van der Waals surface area contributed by atoms with E-state index in [0.717, 1.165) is 65.1 Å². The normalized spacial score (nSPS) is 22.9. The van der Waals surface area contributed by atoms with Crippen LogP contribution in [0, 0.1) is 0 Å². The molecule has 104 valence electrons. The third-order valence-electron chi connectivity index (χ3n) is 3.90. The number of rotatable bonds is 2. The molecule has 0 aliphatic carbocycles. The number of amides is 2. The summed E-state index contributed by atoms with van der Waals surface area (Å²) in [5, 5.41) is 8.96. The van der Waals surface area contributed by atoms with Crippen molar-refractivity contribution >= 4 is 6.03 Å². The van der Waals surface area contributed by atoms with Gasteiger partial charge in [0.05, 0.1) is 6.61 Å². The van der Waals surface area contributed by atoms with Crippen LogP contribution in [-0.4, -0.2) is 78.3 Å². The molecule has 2 amide bonds. The fraction of sp³-hybridized carbons (Fsp3) is 0.923. The molecule has 0 aromatic rings. The van der Waals surface area contributed by atoms with Crippen LogP contribution in [0.2, 0.25) is 0 Å². The van der Waals surface area contributed by atoms with E-state index in [1.807, 2.05) is 9.80 Å². The summed E-state index contributed by atoms with van der Waals surface area (Å²) in [6.07, 6.45) is 4.57. The Labute approximate surface area is 109 Å². The Morgan fingerprint density at radius 1 is 0.833 bits per heavy atom. The highest BCUT2D eigenvalue weighted by atomic mass is 16.3. The van der Waals surface area contributed by atoms with Gasteiger partial charge in [0.25, 0.3) is 0 Å². The Morgan fingerprint density at radius 2 is 1.50 bits per heavy atom. The summed E-state index contributed by atoms with van der Waals surface area (Å²) in [6, 6.07) is 0.223. The third-order valence-corrected chi connectivity index (χ3v) is 3.90. The lowest BCUT2D eigenvalue weighted by molar-refractivity contribution is 0.143. The lowest BCUT2D eigenvalue weighted by atomic mass is 10.1. The highest BCUT2D eigenvalue weighted by molar-refractivity contribution is 5.74. The number of nitrogens with zero attached hydrogens (tertiary/aromatic N) is 3. The van der Waals surface area contributed by atoms with Crippen molar-refractivity contribution in [2.24, 2.45) is 0 Å². The number of carbonyl (C=O) groups is 1. The van der Waals surface area contributed by atoms with Crippen LogP contribution in [0.4, 0.5) is 4.79 Å². The molecule has 1 N–H and O–H groups in total. The molecule has 2 heterocycles. The largest absolute Gasteiger partial charge is 0.395 e. The molecule has 18 heavy (non-hydrogen) atoms. The Kier molecular flexibility index (Phi) is 5.26. The van der Waals surface area contributed by atoms with Crippen LogP contribution in [0.3, 0.4) is 0 Å². The smallest absolute Gasteiger partial charge is 0.320 e. The van der Waals surface area contributed by atoms with E-state index in [1.54, 1.807) is 0 Å². The first-order valence-corrected chi connectivity index (χ1v) is 7.18. The monoisotopic (exact) mass is 255 g/mol. The second-order valence-electron chi connectivity index (χ2n) is 5.24.